The van der Waals surface area contributed by atoms with Crippen LogP contribution in [-0.2, 0) is 21.9 Å². The van der Waals surface area contributed by atoms with Crippen molar-refractivity contribution in [3.63, 3.8) is 0 Å². The van der Waals surface area contributed by atoms with Crippen LogP contribution < -0.4 is 4.89 Å². The largest absolute Gasteiger partial charge is 0.337 e. The highest BCUT2D eigenvalue weighted by atomic mass is 32.2. The second kappa shape index (κ2) is 4.75. The van der Waals surface area contributed by atoms with Crippen molar-refractivity contribution < 1.29 is 13.3 Å². The van der Waals surface area contributed by atoms with Crippen LogP contribution in [0.25, 0.3) is 0 Å². The first kappa shape index (κ1) is 12.5. The Kier molecular flexibility index (Phi) is 3.50. The smallest absolute Gasteiger partial charge is 0.281 e. The number of aromatic nitrogens is 2. The monoisotopic (exact) mass is 259 g/mol. The van der Waals surface area contributed by atoms with Crippen LogP contribution in [0.2, 0.25) is 0 Å². The lowest BCUT2D eigenvalue weighted by molar-refractivity contribution is 0.0222. The summed E-state index contributed by atoms with van der Waals surface area (Å²) >= 11 is 0. The predicted octanol–water partition coefficient (Wildman–Crippen LogP) is 0.881. The molecule has 1 aliphatic carbocycles. The van der Waals surface area contributed by atoms with Crippen LogP contribution in [0.15, 0.2) is 11.2 Å². The van der Waals surface area contributed by atoms with Gasteiger partial charge in [0.1, 0.15) is 5.82 Å². The number of hydrogen-bond donors (Lipinski definition) is 1. The van der Waals surface area contributed by atoms with Crippen molar-refractivity contribution in [1.82, 2.24) is 14.4 Å². The standard InChI is InChI=1S/C10H17N3O3S/c1-8-11-10(7-13(8)2)17(14,15)12-16-9-5-3-4-6-9/h7,9,12H,3-6H2,1-2H3. The molecule has 7 heteroatoms. The predicted molar refractivity (Wildman–Crippen MR) is 61.6 cm³/mol. The van der Waals surface area contributed by atoms with Gasteiger partial charge in [-0.05, 0) is 19.8 Å². The summed E-state index contributed by atoms with van der Waals surface area (Å²) in [6.07, 6.45) is 5.46. The number of nitrogens with one attached hydrogen (secondary N) is 1. The van der Waals surface area contributed by atoms with Gasteiger partial charge >= 0.3 is 0 Å². The molecule has 1 heterocycles. The molecule has 1 N–H and O–H groups in total. The molecule has 2 rings (SSSR count). The van der Waals surface area contributed by atoms with E-state index in [1.165, 1.54) is 6.20 Å². The van der Waals surface area contributed by atoms with E-state index in [4.69, 9.17) is 4.84 Å². The van der Waals surface area contributed by atoms with Gasteiger partial charge in [-0.25, -0.2) is 13.4 Å². The minimum atomic E-state index is -3.65. The Morgan fingerprint density at radius 2 is 2.12 bits per heavy atom. The SMILES string of the molecule is Cc1nc(S(=O)(=O)NOC2CCCC2)cn1C. The van der Waals surface area contributed by atoms with Gasteiger partial charge in [0.05, 0.1) is 6.10 Å². The van der Waals surface area contributed by atoms with Crippen LogP contribution in [0, 0.1) is 6.92 Å². The van der Waals surface area contributed by atoms with E-state index in [1.807, 2.05) is 0 Å². The average Bonchev–Trinajstić information content (AvgIpc) is 2.87. The summed E-state index contributed by atoms with van der Waals surface area (Å²) in [4.78, 5) is 11.3. The maximum atomic E-state index is 11.8. The molecule has 0 unspecified atom stereocenters. The minimum absolute atomic E-state index is 0.00417. The second-order valence-electron chi connectivity index (χ2n) is 4.35. The number of rotatable bonds is 4. The van der Waals surface area contributed by atoms with Crippen LogP contribution in [0.1, 0.15) is 31.5 Å². The summed E-state index contributed by atoms with van der Waals surface area (Å²) in [6.45, 7) is 1.75. The molecule has 17 heavy (non-hydrogen) atoms. The molecule has 0 saturated heterocycles. The second-order valence-corrected chi connectivity index (χ2v) is 5.94. The highest BCUT2D eigenvalue weighted by Crippen LogP contribution is 2.20. The van der Waals surface area contributed by atoms with E-state index in [9.17, 15) is 8.42 Å². The molecule has 96 valence electrons. The Morgan fingerprint density at radius 3 is 2.65 bits per heavy atom. The van der Waals surface area contributed by atoms with E-state index in [-0.39, 0.29) is 11.1 Å². The highest BCUT2D eigenvalue weighted by molar-refractivity contribution is 7.89. The molecule has 6 nitrogen and oxygen atoms in total. The van der Waals surface area contributed by atoms with Crippen molar-refractivity contribution in [3.05, 3.63) is 12.0 Å². The van der Waals surface area contributed by atoms with Crippen molar-refractivity contribution in [2.45, 2.75) is 43.7 Å². The lowest BCUT2D eigenvalue weighted by Gasteiger charge is -2.10. The van der Waals surface area contributed by atoms with Crippen molar-refractivity contribution in [2.75, 3.05) is 0 Å². The lowest BCUT2D eigenvalue weighted by atomic mass is 10.3. The summed E-state index contributed by atoms with van der Waals surface area (Å²) in [5.41, 5.74) is 0. The molecule has 0 radical (unpaired) electrons. The van der Waals surface area contributed by atoms with E-state index in [1.54, 1.807) is 18.5 Å². The third-order valence-electron chi connectivity index (χ3n) is 2.99. The molecule has 0 spiro atoms. The Bertz CT molecular complexity index is 469. The summed E-state index contributed by atoms with van der Waals surface area (Å²) in [7, 11) is -1.90. The molecular weight excluding hydrogens is 242 g/mol. The average molecular weight is 259 g/mol. The molecule has 1 fully saturated rings. The fraction of sp³-hybridized carbons (Fsp3) is 0.700. The number of aryl methyl sites for hydroxylation is 2. The molecule has 0 atom stereocenters. The fourth-order valence-electron chi connectivity index (χ4n) is 1.84. The van der Waals surface area contributed by atoms with Gasteiger partial charge in [0.25, 0.3) is 10.0 Å². The van der Waals surface area contributed by atoms with Crippen molar-refractivity contribution in [1.29, 1.82) is 0 Å². The Balaban J connectivity index is 2.03. The van der Waals surface area contributed by atoms with Crippen LogP contribution in [0.5, 0.6) is 0 Å². The van der Waals surface area contributed by atoms with E-state index in [2.05, 4.69) is 9.87 Å². The van der Waals surface area contributed by atoms with Gasteiger partial charge in [-0.2, -0.15) is 0 Å². The van der Waals surface area contributed by atoms with Crippen molar-refractivity contribution >= 4 is 10.0 Å². The zero-order chi connectivity index (χ0) is 12.5. The van der Waals surface area contributed by atoms with E-state index < -0.39 is 10.0 Å². The molecule has 0 bridgehead atoms. The molecule has 0 aromatic carbocycles. The molecule has 1 aromatic heterocycles. The van der Waals surface area contributed by atoms with Crippen molar-refractivity contribution in [2.24, 2.45) is 7.05 Å². The number of imidazole rings is 1. The summed E-state index contributed by atoms with van der Waals surface area (Å²) < 4.78 is 25.3. The number of nitrogens with zero attached hydrogens (tertiary/aromatic N) is 2. The van der Waals surface area contributed by atoms with Gasteiger partial charge in [0.15, 0.2) is 5.03 Å². The fourth-order valence-corrected chi connectivity index (χ4v) is 2.73. The van der Waals surface area contributed by atoms with E-state index in [0.29, 0.717) is 5.82 Å². The topological polar surface area (TPSA) is 73.2 Å². The molecule has 1 aliphatic rings. The molecule has 1 saturated carbocycles. The third-order valence-corrected chi connectivity index (χ3v) is 4.05. The maximum Gasteiger partial charge on any atom is 0.281 e. The van der Waals surface area contributed by atoms with Gasteiger partial charge in [-0.3, -0.25) is 4.84 Å². The first-order valence-corrected chi connectivity index (χ1v) is 7.15. The molecular formula is C10H17N3O3S. The number of hydrogen-bond acceptors (Lipinski definition) is 4. The maximum absolute atomic E-state index is 11.8. The normalized spacial score (nSPS) is 17.8. The van der Waals surface area contributed by atoms with Crippen LogP contribution in [-0.4, -0.2) is 24.1 Å². The Morgan fingerprint density at radius 1 is 1.47 bits per heavy atom. The van der Waals surface area contributed by atoms with Crippen LogP contribution in [0.3, 0.4) is 0 Å². The molecule has 0 amide bonds. The van der Waals surface area contributed by atoms with E-state index >= 15 is 0 Å². The van der Waals surface area contributed by atoms with Gasteiger partial charge < -0.3 is 4.57 Å². The lowest BCUT2D eigenvalue weighted by Crippen LogP contribution is -2.28. The summed E-state index contributed by atoms with van der Waals surface area (Å²) in [5.74, 6) is 0.645. The van der Waals surface area contributed by atoms with Gasteiger partial charge in [0, 0.05) is 13.2 Å². The Hall–Kier alpha value is -0.920. The molecule has 0 aliphatic heterocycles. The van der Waals surface area contributed by atoms with Crippen molar-refractivity contribution in [3.8, 4) is 0 Å². The third kappa shape index (κ3) is 2.85. The van der Waals surface area contributed by atoms with Gasteiger partial charge in [0.2, 0.25) is 0 Å². The first-order valence-electron chi connectivity index (χ1n) is 5.66. The zero-order valence-corrected chi connectivity index (χ0v) is 10.8. The first-order chi connectivity index (χ1) is 7.99. The zero-order valence-electron chi connectivity index (χ0n) is 10.0. The summed E-state index contributed by atoms with van der Waals surface area (Å²) in [5, 5.41) is -0.00417. The minimum Gasteiger partial charge on any atom is -0.337 e. The van der Waals surface area contributed by atoms with Crippen LogP contribution >= 0.6 is 0 Å². The highest BCUT2D eigenvalue weighted by Gasteiger charge is 2.22. The Labute approximate surface area is 101 Å². The summed E-state index contributed by atoms with van der Waals surface area (Å²) in [6, 6.07) is 0. The van der Waals surface area contributed by atoms with E-state index in [0.717, 1.165) is 25.7 Å². The van der Waals surface area contributed by atoms with Gasteiger partial charge in [-0.15, -0.1) is 0 Å². The number of sulfonamides is 1. The van der Waals surface area contributed by atoms with Gasteiger partial charge in [-0.1, -0.05) is 17.7 Å². The van der Waals surface area contributed by atoms with Crippen LogP contribution in [0.4, 0.5) is 0 Å². The quantitative estimate of drug-likeness (QED) is 0.815. The molecule has 1 aromatic rings.